The molecule has 0 aromatic carbocycles. The Morgan fingerprint density at radius 1 is 1.67 bits per heavy atom. The molecular weight excluding hydrogens is 293 g/mol. The molecule has 0 saturated carbocycles. The second kappa shape index (κ2) is 4.64. The molecule has 78 valence electrons. The second-order valence-corrected chi connectivity index (χ2v) is 3.58. The van der Waals surface area contributed by atoms with Crippen molar-refractivity contribution in [2.24, 2.45) is 0 Å². The van der Waals surface area contributed by atoms with Crippen LogP contribution < -0.4 is 0 Å². The average Bonchev–Trinajstić information content (AvgIpc) is 2.17. The van der Waals surface area contributed by atoms with Crippen molar-refractivity contribution in [3.05, 3.63) is 27.5 Å². The van der Waals surface area contributed by atoms with Gasteiger partial charge in [0.15, 0.2) is 0 Å². The van der Waals surface area contributed by atoms with Gasteiger partial charge in [0.1, 0.15) is 17.5 Å². The molecule has 0 spiro atoms. The summed E-state index contributed by atoms with van der Waals surface area (Å²) in [6, 6.07) is 2.47. The van der Waals surface area contributed by atoms with Crippen molar-refractivity contribution in [3.63, 3.8) is 0 Å². The van der Waals surface area contributed by atoms with Gasteiger partial charge < -0.3 is 0 Å². The Morgan fingerprint density at radius 3 is 2.67 bits per heavy atom. The van der Waals surface area contributed by atoms with Crippen molar-refractivity contribution in [2.45, 2.75) is 6.43 Å². The summed E-state index contributed by atoms with van der Waals surface area (Å²) in [5.74, 6) is 0. The molecule has 0 amide bonds. The monoisotopic (exact) mass is 294 g/mol. The smallest absolute Gasteiger partial charge is 0.272 e. The van der Waals surface area contributed by atoms with Crippen molar-refractivity contribution in [3.8, 4) is 6.07 Å². The average molecular weight is 295 g/mol. The third-order valence-corrected chi connectivity index (χ3v) is 2.53. The SMILES string of the molecule is N#Cc1cc(C(F)F)c(Br)c(C(=O)Cl)n1. The fraction of sp³-hybridized carbons (Fsp3) is 0.125. The zero-order valence-corrected chi connectivity index (χ0v) is 9.31. The van der Waals surface area contributed by atoms with Crippen LogP contribution in [0.1, 0.15) is 28.2 Å². The highest BCUT2D eigenvalue weighted by Crippen LogP contribution is 2.30. The fourth-order valence-electron chi connectivity index (χ4n) is 0.895. The minimum absolute atomic E-state index is 0.184. The lowest BCUT2D eigenvalue weighted by molar-refractivity contribution is 0.107. The molecule has 15 heavy (non-hydrogen) atoms. The molecule has 0 fully saturated rings. The lowest BCUT2D eigenvalue weighted by atomic mass is 10.2. The number of nitriles is 1. The maximum absolute atomic E-state index is 12.5. The molecule has 0 aliphatic carbocycles. The van der Waals surface area contributed by atoms with E-state index in [1.165, 1.54) is 0 Å². The van der Waals surface area contributed by atoms with Gasteiger partial charge in [0.25, 0.3) is 11.7 Å². The molecule has 7 heteroatoms. The molecule has 0 aliphatic rings. The van der Waals surface area contributed by atoms with Crippen LogP contribution >= 0.6 is 27.5 Å². The molecule has 0 saturated heterocycles. The topological polar surface area (TPSA) is 53.8 Å². The first-order valence-corrected chi connectivity index (χ1v) is 4.73. The van der Waals surface area contributed by atoms with Gasteiger partial charge in [-0.15, -0.1) is 0 Å². The first-order chi connectivity index (χ1) is 6.97. The van der Waals surface area contributed by atoms with Crippen LogP contribution in [-0.2, 0) is 0 Å². The molecule has 0 radical (unpaired) electrons. The van der Waals surface area contributed by atoms with Crippen molar-refractivity contribution in [1.29, 1.82) is 5.26 Å². The van der Waals surface area contributed by atoms with Gasteiger partial charge in [0.05, 0.1) is 4.47 Å². The number of alkyl halides is 2. The van der Waals surface area contributed by atoms with Crippen LogP contribution in [0.15, 0.2) is 10.5 Å². The summed E-state index contributed by atoms with van der Waals surface area (Å²) in [5.41, 5.74) is -1.14. The van der Waals surface area contributed by atoms with E-state index in [1.807, 2.05) is 0 Å². The van der Waals surface area contributed by atoms with Crippen LogP contribution in [-0.4, -0.2) is 10.2 Å². The molecule has 0 N–H and O–H groups in total. The number of aromatic nitrogens is 1. The van der Waals surface area contributed by atoms with Crippen molar-refractivity contribution >= 4 is 32.8 Å². The summed E-state index contributed by atoms with van der Waals surface area (Å²) >= 11 is 7.92. The molecule has 1 heterocycles. The maximum atomic E-state index is 12.5. The van der Waals surface area contributed by atoms with Crippen LogP contribution in [0.4, 0.5) is 8.78 Å². The normalized spacial score (nSPS) is 10.1. The van der Waals surface area contributed by atoms with E-state index in [2.05, 4.69) is 20.9 Å². The predicted octanol–water partition coefficient (Wildman–Crippen LogP) is 3.03. The van der Waals surface area contributed by atoms with E-state index >= 15 is 0 Å². The number of pyridine rings is 1. The Balaban J connectivity index is 3.49. The van der Waals surface area contributed by atoms with Gasteiger partial charge in [-0.2, -0.15) is 5.26 Å². The van der Waals surface area contributed by atoms with Gasteiger partial charge in [-0.25, -0.2) is 13.8 Å². The highest BCUT2D eigenvalue weighted by Gasteiger charge is 2.20. The molecule has 0 atom stereocenters. The van der Waals surface area contributed by atoms with Crippen LogP contribution in [0.3, 0.4) is 0 Å². The lowest BCUT2D eigenvalue weighted by Gasteiger charge is -2.05. The van der Waals surface area contributed by atoms with Gasteiger partial charge in [0.2, 0.25) is 0 Å². The molecular formula is C8H2BrClF2N2O. The van der Waals surface area contributed by atoms with E-state index in [0.29, 0.717) is 0 Å². The van der Waals surface area contributed by atoms with E-state index in [9.17, 15) is 13.6 Å². The maximum Gasteiger partial charge on any atom is 0.272 e. The third-order valence-electron chi connectivity index (χ3n) is 1.52. The van der Waals surface area contributed by atoms with Gasteiger partial charge in [0, 0.05) is 5.56 Å². The molecule has 0 unspecified atom stereocenters. The van der Waals surface area contributed by atoms with E-state index in [0.717, 1.165) is 6.07 Å². The van der Waals surface area contributed by atoms with Gasteiger partial charge in [-0.1, -0.05) is 0 Å². The molecule has 3 nitrogen and oxygen atoms in total. The Morgan fingerprint density at radius 2 is 2.27 bits per heavy atom. The quantitative estimate of drug-likeness (QED) is 0.788. The first kappa shape index (κ1) is 12.0. The third kappa shape index (κ3) is 2.49. The standard InChI is InChI=1S/C8H2BrClF2N2O/c9-5-4(8(11)12)1-3(2-13)14-6(5)7(10)15/h1,8H. The van der Waals surface area contributed by atoms with Gasteiger partial charge in [-0.05, 0) is 33.6 Å². The number of rotatable bonds is 2. The fourth-order valence-corrected chi connectivity index (χ4v) is 1.70. The van der Waals surface area contributed by atoms with E-state index < -0.39 is 17.2 Å². The second-order valence-electron chi connectivity index (χ2n) is 2.45. The molecule has 0 bridgehead atoms. The highest BCUT2D eigenvalue weighted by molar-refractivity contribution is 9.10. The zero-order chi connectivity index (χ0) is 11.6. The van der Waals surface area contributed by atoms with E-state index in [4.69, 9.17) is 16.9 Å². The molecule has 1 rings (SSSR count). The van der Waals surface area contributed by atoms with E-state index in [-0.39, 0.29) is 15.9 Å². The summed E-state index contributed by atoms with van der Waals surface area (Å²) in [7, 11) is 0. The number of carbonyl (C=O) groups excluding carboxylic acids is 1. The largest absolute Gasteiger partial charge is 0.274 e. The van der Waals surface area contributed by atoms with Crippen LogP contribution in [0.25, 0.3) is 0 Å². The number of carbonyl (C=O) groups is 1. The van der Waals surface area contributed by atoms with Crippen molar-refractivity contribution in [2.75, 3.05) is 0 Å². The minimum Gasteiger partial charge on any atom is -0.274 e. The predicted molar refractivity (Wildman–Crippen MR) is 51.8 cm³/mol. The first-order valence-electron chi connectivity index (χ1n) is 3.56. The van der Waals surface area contributed by atoms with Crippen molar-refractivity contribution < 1.29 is 13.6 Å². The minimum atomic E-state index is -2.82. The number of hydrogen-bond donors (Lipinski definition) is 0. The number of hydrogen-bond acceptors (Lipinski definition) is 3. The van der Waals surface area contributed by atoms with Crippen LogP contribution in [0.2, 0.25) is 0 Å². The molecule has 1 aromatic heterocycles. The molecule has 1 aromatic rings. The Labute approximate surface area is 96.8 Å². The highest BCUT2D eigenvalue weighted by atomic mass is 79.9. The number of nitrogens with zero attached hydrogens (tertiary/aromatic N) is 2. The van der Waals surface area contributed by atoms with Crippen LogP contribution in [0, 0.1) is 11.3 Å². The van der Waals surface area contributed by atoms with Crippen molar-refractivity contribution in [1.82, 2.24) is 4.98 Å². The summed E-state index contributed by atoms with van der Waals surface area (Å²) in [5, 5.41) is 7.51. The van der Waals surface area contributed by atoms with Crippen LogP contribution in [0.5, 0.6) is 0 Å². The summed E-state index contributed by atoms with van der Waals surface area (Å²) in [4.78, 5) is 14.3. The summed E-state index contributed by atoms with van der Waals surface area (Å²) in [6.07, 6.45) is -2.82. The van der Waals surface area contributed by atoms with E-state index in [1.54, 1.807) is 6.07 Å². The Hall–Kier alpha value is -1.06. The summed E-state index contributed by atoms with van der Waals surface area (Å²) in [6.45, 7) is 0. The Bertz CT molecular complexity index is 459. The molecule has 0 aliphatic heterocycles. The Kier molecular flexibility index (Phi) is 3.72. The number of halogens is 4. The zero-order valence-electron chi connectivity index (χ0n) is 6.97. The summed E-state index contributed by atoms with van der Waals surface area (Å²) < 4.78 is 24.7. The lowest BCUT2D eigenvalue weighted by Crippen LogP contribution is -2.02. The van der Waals surface area contributed by atoms with Gasteiger partial charge >= 0.3 is 0 Å². The van der Waals surface area contributed by atoms with Gasteiger partial charge in [-0.3, -0.25) is 4.79 Å².